The molecule has 3 aromatic rings. The van der Waals surface area contributed by atoms with Crippen LogP contribution in [0.3, 0.4) is 0 Å². The Morgan fingerprint density at radius 2 is 1.97 bits per heavy atom. The van der Waals surface area contributed by atoms with Gasteiger partial charge in [-0.3, -0.25) is 9.29 Å². The van der Waals surface area contributed by atoms with Gasteiger partial charge in [-0.1, -0.05) is 19.1 Å². The maximum absolute atomic E-state index is 13.5. The highest BCUT2D eigenvalue weighted by Crippen LogP contribution is 2.36. The zero-order valence-corrected chi connectivity index (χ0v) is 21.0. The molecule has 0 aliphatic carbocycles. The van der Waals surface area contributed by atoms with E-state index in [0.29, 0.717) is 29.6 Å². The summed E-state index contributed by atoms with van der Waals surface area (Å²) < 4.78 is 48.6. The van der Waals surface area contributed by atoms with E-state index in [1.54, 1.807) is 31.0 Å². The molecule has 1 N–H and O–H groups in total. The third-order valence-corrected chi connectivity index (χ3v) is 7.38. The predicted octanol–water partition coefficient (Wildman–Crippen LogP) is 2.92. The Balaban J connectivity index is 1.69. The van der Waals surface area contributed by atoms with Crippen LogP contribution in [-0.4, -0.2) is 65.3 Å². The minimum absolute atomic E-state index is 0.0771. The van der Waals surface area contributed by atoms with Gasteiger partial charge < -0.3 is 14.2 Å². The number of hydrogen-bond donors (Lipinski definition) is 1. The Morgan fingerprint density at radius 3 is 2.69 bits per heavy atom. The Kier molecular flexibility index (Phi) is 7.63. The molecule has 0 fully saturated rings. The normalized spacial score (nSPS) is 17.0. The second-order valence-electron chi connectivity index (χ2n) is 8.40. The molecule has 0 radical (unpaired) electrons. The van der Waals surface area contributed by atoms with Gasteiger partial charge in [-0.2, -0.15) is 0 Å². The number of methoxy groups -OCH3 is 1. The van der Waals surface area contributed by atoms with Gasteiger partial charge >= 0.3 is 0 Å². The number of para-hydroxylation sites is 1. The maximum atomic E-state index is 13.5. The first-order valence-electron chi connectivity index (χ1n) is 11.4. The molecule has 0 bridgehead atoms. The van der Waals surface area contributed by atoms with Gasteiger partial charge in [0.2, 0.25) is 16.0 Å². The van der Waals surface area contributed by atoms with Gasteiger partial charge in [0, 0.05) is 26.1 Å². The highest BCUT2D eigenvalue weighted by molar-refractivity contribution is 7.93. The van der Waals surface area contributed by atoms with Crippen molar-refractivity contribution in [2.45, 2.75) is 44.6 Å². The van der Waals surface area contributed by atoms with Gasteiger partial charge in [0.1, 0.15) is 23.7 Å². The molecule has 2 aromatic heterocycles. The molecule has 3 heterocycles. The number of ether oxygens (including phenoxy) is 3. The molecule has 188 valence electrons. The molecule has 4 rings (SSSR count). The van der Waals surface area contributed by atoms with E-state index in [9.17, 15) is 8.42 Å². The minimum atomic E-state index is -3.99. The first kappa shape index (κ1) is 25.0. The predicted molar refractivity (Wildman–Crippen MR) is 130 cm³/mol. The summed E-state index contributed by atoms with van der Waals surface area (Å²) in [5, 5.41) is 7.46. The quantitative estimate of drug-likeness (QED) is 0.444. The highest BCUT2D eigenvalue weighted by atomic mass is 32.2. The number of nitrogens with zero attached hydrogens (tertiary/aromatic N) is 5. The molecule has 0 saturated carbocycles. The van der Waals surface area contributed by atoms with Gasteiger partial charge in [0.25, 0.3) is 0 Å². The van der Waals surface area contributed by atoms with E-state index in [0.717, 1.165) is 12.0 Å². The number of fused-ring (bicyclic) bond motifs is 3. The summed E-state index contributed by atoms with van der Waals surface area (Å²) in [5.74, 6) is 1.52. The molecular weight excluding hydrogens is 472 g/mol. The first-order chi connectivity index (χ1) is 16.9. The van der Waals surface area contributed by atoms with Crippen molar-refractivity contribution in [2.75, 3.05) is 31.7 Å². The fourth-order valence-electron chi connectivity index (χ4n) is 3.84. The highest BCUT2D eigenvalue weighted by Gasteiger charge is 2.36. The van der Waals surface area contributed by atoms with Crippen LogP contribution in [0.25, 0.3) is 11.4 Å². The van der Waals surface area contributed by atoms with Crippen LogP contribution in [0.2, 0.25) is 0 Å². The lowest BCUT2D eigenvalue weighted by molar-refractivity contribution is 0.0466. The molecule has 1 aliphatic rings. The number of aryl methyl sites for hydroxylation is 1. The van der Waals surface area contributed by atoms with Crippen LogP contribution in [0.1, 0.15) is 43.8 Å². The van der Waals surface area contributed by atoms with Crippen LogP contribution in [0.4, 0.5) is 5.95 Å². The lowest BCUT2D eigenvalue weighted by Crippen LogP contribution is -2.35. The van der Waals surface area contributed by atoms with Gasteiger partial charge in [0.05, 0.1) is 18.2 Å². The summed E-state index contributed by atoms with van der Waals surface area (Å²) in [6, 6.07) is 7.08. The monoisotopic (exact) mass is 502 g/mol. The van der Waals surface area contributed by atoms with Crippen LogP contribution in [0, 0.1) is 6.92 Å². The fourth-order valence-corrected chi connectivity index (χ4v) is 4.95. The fraction of sp³-hybridized carbons (Fsp3) is 0.478. The van der Waals surface area contributed by atoms with Crippen LogP contribution >= 0.6 is 0 Å². The second-order valence-corrected chi connectivity index (χ2v) is 10.4. The van der Waals surface area contributed by atoms with Gasteiger partial charge in [-0.05, 0) is 38.0 Å². The van der Waals surface area contributed by atoms with Crippen molar-refractivity contribution in [1.82, 2.24) is 24.7 Å². The van der Waals surface area contributed by atoms with Crippen molar-refractivity contribution in [2.24, 2.45) is 0 Å². The number of nitrogens with one attached hydrogen (secondary N) is 1. The largest absolute Gasteiger partial charge is 0.491 e. The molecule has 0 spiro atoms. The smallest absolute Gasteiger partial charge is 0.240 e. The van der Waals surface area contributed by atoms with E-state index in [2.05, 4.69) is 24.9 Å². The van der Waals surface area contributed by atoms with Crippen molar-refractivity contribution in [1.29, 1.82) is 0 Å². The van der Waals surface area contributed by atoms with E-state index < -0.39 is 21.4 Å². The van der Waals surface area contributed by atoms with Crippen molar-refractivity contribution in [3.63, 3.8) is 0 Å². The summed E-state index contributed by atoms with van der Waals surface area (Å²) in [6.07, 6.45) is 3.14. The molecule has 3 atom stereocenters. The molecule has 0 amide bonds. The van der Waals surface area contributed by atoms with E-state index >= 15 is 0 Å². The minimum Gasteiger partial charge on any atom is -0.491 e. The first-order valence-corrected chi connectivity index (χ1v) is 13.0. The number of hydrogen-bond acceptors (Lipinski definition) is 9. The second kappa shape index (κ2) is 10.7. The number of rotatable bonds is 10. The molecule has 1 aromatic carbocycles. The molecule has 35 heavy (non-hydrogen) atoms. The van der Waals surface area contributed by atoms with E-state index in [1.165, 1.54) is 0 Å². The zero-order valence-electron chi connectivity index (χ0n) is 20.2. The van der Waals surface area contributed by atoms with E-state index in [4.69, 9.17) is 14.2 Å². The maximum Gasteiger partial charge on any atom is 0.240 e. The lowest BCUT2D eigenvalue weighted by Gasteiger charge is -2.24. The summed E-state index contributed by atoms with van der Waals surface area (Å²) >= 11 is 0. The third-order valence-electron chi connectivity index (χ3n) is 5.69. The summed E-state index contributed by atoms with van der Waals surface area (Å²) in [7, 11) is -2.42. The Bertz CT molecular complexity index is 1250. The van der Waals surface area contributed by atoms with Crippen molar-refractivity contribution < 1.29 is 22.6 Å². The Hall–Kier alpha value is -3.09. The summed E-state index contributed by atoms with van der Waals surface area (Å²) in [6.45, 7) is 6.29. The Labute approximate surface area is 204 Å². The van der Waals surface area contributed by atoms with Crippen LogP contribution in [0.5, 0.6) is 5.75 Å². The topological polar surface area (TPSA) is 130 Å². The summed E-state index contributed by atoms with van der Waals surface area (Å²) in [5.41, 5.74) is 1.59. The molecule has 12 heteroatoms. The Morgan fingerprint density at radius 1 is 1.23 bits per heavy atom. The average molecular weight is 503 g/mol. The zero-order chi connectivity index (χ0) is 25.0. The van der Waals surface area contributed by atoms with E-state index in [1.807, 2.05) is 38.1 Å². The van der Waals surface area contributed by atoms with Crippen LogP contribution in [-0.2, 0) is 19.5 Å². The van der Waals surface area contributed by atoms with Crippen LogP contribution in [0.15, 0.2) is 36.7 Å². The third kappa shape index (κ3) is 5.29. The number of aromatic nitrogens is 5. The van der Waals surface area contributed by atoms with E-state index in [-0.39, 0.29) is 25.2 Å². The summed E-state index contributed by atoms with van der Waals surface area (Å²) in [4.78, 5) is 8.63. The lowest BCUT2D eigenvalue weighted by atomic mass is 10.2. The van der Waals surface area contributed by atoms with Gasteiger partial charge in [-0.15, -0.1) is 10.2 Å². The van der Waals surface area contributed by atoms with Crippen molar-refractivity contribution >= 4 is 16.0 Å². The van der Waals surface area contributed by atoms with Gasteiger partial charge in [0.15, 0.2) is 11.6 Å². The van der Waals surface area contributed by atoms with Crippen LogP contribution < -0.4 is 9.46 Å². The number of benzene rings is 1. The number of sulfonamides is 1. The standard InChI is InChI=1S/C23H30N6O5S/c1-5-10-33-20(21-24-11-15(2)12-25-21)16(3)35(30,31)28-23-27-26-22-18-8-6-7-9-19(18)34-14-17(13-32-4)29(22)23/h6-9,11-12,16-17,20H,5,10,13-14H2,1-4H3,(H,27,28)/t16-,17-,20+/m0/s1. The molecule has 1 aliphatic heterocycles. The van der Waals surface area contributed by atoms with Crippen molar-refractivity contribution in [3.05, 3.63) is 48.0 Å². The SMILES string of the molecule is CCCO[C@@H](c1ncc(C)cn1)[C@H](C)S(=O)(=O)Nc1nnc2n1[C@@H](COC)COc1ccccc1-2. The molecule has 0 saturated heterocycles. The molecule has 0 unspecified atom stereocenters. The molecular formula is C23H30N6O5S. The van der Waals surface area contributed by atoms with Crippen molar-refractivity contribution in [3.8, 4) is 17.1 Å². The van der Waals surface area contributed by atoms with Gasteiger partial charge in [-0.25, -0.2) is 18.4 Å². The average Bonchev–Trinajstić information content (AvgIpc) is 3.18. The molecule has 11 nitrogen and oxygen atoms in total. The number of anilines is 1.